The van der Waals surface area contributed by atoms with Crippen molar-refractivity contribution >= 4 is 8.32 Å². The van der Waals surface area contributed by atoms with Gasteiger partial charge in [-0.25, -0.2) is 0 Å². The maximum Gasteiger partial charge on any atom is 0.379 e. The molecule has 0 bridgehead atoms. The molecular weight excluding hydrogens is 146 g/mol. The summed E-state index contributed by atoms with van der Waals surface area (Å²) in [6.07, 6.45) is 3.48. The van der Waals surface area contributed by atoms with Crippen molar-refractivity contribution in [2.45, 2.75) is 19.6 Å². The van der Waals surface area contributed by atoms with Crippen molar-refractivity contribution in [3.05, 3.63) is 12.5 Å². The Morgan fingerprint density at radius 1 is 1.50 bits per heavy atom. The number of hydrogen-bond acceptors (Lipinski definition) is 3. The average Bonchev–Trinajstić information content (AvgIpc) is 2.12. The van der Waals surface area contributed by atoms with Crippen LogP contribution in [0.15, 0.2) is 16.9 Å². The quantitative estimate of drug-likeness (QED) is 0.615. The van der Waals surface area contributed by atoms with E-state index < -0.39 is 8.32 Å². The first kappa shape index (κ1) is 7.34. The number of rotatable bonds is 2. The summed E-state index contributed by atoms with van der Waals surface area (Å²) in [4.78, 5) is 3.85. The minimum Gasteiger partial charge on any atom is -0.505 e. The predicted molar refractivity (Wildman–Crippen MR) is 40.5 cm³/mol. The van der Waals surface area contributed by atoms with Crippen molar-refractivity contribution in [1.29, 1.82) is 0 Å². The Labute approximate surface area is 61.2 Å². The molecule has 10 heavy (non-hydrogen) atoms. The number of hydrogen-bond donors (Lipinski definition) is 0. The molecule has 1 rings (SSSR count). The summed E-state index contributed by atoms with van der Waals surface area (Å²) in [5.41, 5.74) is 0. The summed E-state index contributed by atoms with van der Waals surface area (Å²) in [5.74, 6) is 0. The highest BCUT2D eigenvalue weighted by Gasteiger charge is 2.18. The number of nitrogens with zero attached hydrogens (tertiary/aromatic N) is 1. The highest BCUT2D eigenvalue weighted by molar-refractivity contribution is 6.70. The fraction of sp³-hybridized carbons (Fsp3) is 0.500. The van der Waals surface area contributed by atoms with Gasteiger partial charge in [-0.15, -0.1) is 0 Å². The van der Waals surface area contributed by atoms with Gasteiger partial charge in [-0.1, -0.05) is 0 Å². The zero-order valence-corrected chi connectivity index (χ0v) is 7.42. The Kier molecular flexibility index (Phi) is 1.80. The molecule has 0 aliphatic carbocycles. The second kappa shape index (κ2) is 2.46. The fourth-order valence-electron chi connectivity index (χ4n) is 0.523. The molecule has 0 saturated carbocycles. The lowest BCUT2D eigenvalue weighted by Crippen LogP contribution is -2.29. The first-order chi connectivity index (χ1) is 4.58. The van der Waals surface area contributed by atoms with Crippen LogP contribution in [0.3, 0.4) is 0 Å². The molecule has 0 spiro atoms. The molecule has 0 atom stereocenters. The minimum atomic E-state index is -1.52. The lowest BCUT2D eigenvalue weighted by atomic mass is 11.0. The van der Waals surface area contributed by atoms with Crippen LogP contribution in [-0.2, 0) is 0 Å². The topological polar surface area (TPSA) is 35.3 Å². The average molecular weight is 157 g/mol. The molecule has 0 aromatic carbocycles. The minimum absolute atomic E-state index is 0.388. The molecule has 56 valence electrons. The van der Waals surface area contributed by atoms with Crippen LogP contribution in [0.4, 0.5) is 0 Å². The molecule has 0 fully saturated rings. The van der Waals surface area contributed by atoms with Gasteiger partial charge in [0, 0.05) is 0 Å². The van der Waals surface area contributed by atoms with Crippen molar-refractivity contribution in [2.24, 2.45) is 0 Å². The van der Waals surface area contributed by atoms with Crippen molar-refractivity contribution in [1.82, 2.24) is 4.98 Å². The fourth-order valence-corrected chi connectivity index (χ4v) is 1.15. The molecular formula is C6H11NO2Si. The van der Waals surface area contributed by atoms with Crippen LogP contribution in [-0.4, -0.2) is 13.3 Å². The van der Waals surface area contributed by atoms with E-state index in [1.165, 1.54) is 6.26 Å². The summed E-state index contributed by atoms with van der Waals surface area (Å²) >= 11 is 0. The SMILES string of the molecule is C[Si](C)(C)Oc1ncco1. The Balaban J connectivity index is 2.57. The summed E-state index contributed by atoms with van der Waals surface area (Å²) in [6.45, 7) is 6.24. The van der Waals surface area contributed by atoms with Crippen LogP contribution in [0.2, 0.25) is 19.6 Å². The maximum absolute atomic E-state index is 5.40. The zero-order chi connectivity index (χ0) is 7.61. The van der Waals surface area contributed by atoms with E-state index in [0.29, 0.717) is 6.08 Å². The highest BCUT2D eigenvalue weighted by Crippen LogP contribution is 2.11. The van der Waals surface area contributed by atoms with E-state index in [1.807, 2.05) is 0 Å². The summed E-state index contributed by atoms with van der Waals surface area (Å²) in [7, 11) is -1.52. The van der Waals surface area contributed by atoms with Gasteiger partial charge >= 0.3 is 6.08 Å². The van der Waals surface area contributed by atoms with Crippen LogP contribution >= 0.6 is 0 Å². The Hall–Kier alpha value is -0.773. The van der Waals surface area contributed by atoms with E-state index in [2.05, 4.69) is 24.6 Å². The van der Waals surface area contributed by atoms with E-state index in [-0.39, 0.29) is 0 Å². The van der Waals surface area contributed by atoms with Gasteiger partial charge in [0.15, 0.2) is 0 Å². The van der Waals surface area contributed by atoms with Gasteiger partial charge in [0.05, 0.1) is 6.20 Å². The van der Waals surface area contributed by atoms with Gasteiger partial charge in [-0.05, 0) is 19.6 Å². The normalized spacial score (nSPS) is 11.5. The highest BCUT2D eigenvalue weighted by atomic mass is 28.4. The second-order valence-electron chi connectivity index (χ2n) is 3.01. The molecule has 0 saturated heterocycles. The van der Waals surface area contributed by atoms with Crippen LogP contribution in [0.1, 0.15) is 0 Å². The first-order valence-electron chi connectivity index (χ1n) is 3.16. The van der Waals surface area contributed by atoms with Crippen LogP contribution < -0.4 is 4.43 Å². The summed E-state index contributed by atoms with van der Waals surface area (Å²) in [6, 6.07) is 0. The molecule has 0 amide bonds. The van der Waals surface area contributed by atoms with E-state index in [0.717, 1.165) is 0 Å². The van der Waals surface area contributed by atoms with Crippen molar-refractivity contribution in [2.75, 3.05) is 0 Å². The molecule has 1 aromatic heterocycles. The number of aromatic nitrogens is 1. The van der Waals surface area contributed by atoms with Gasteiger partial charge < -0.3 is 8.84 Å². The molecule has 3 nitrogen and oxygen atoms in total. The molecule has 0 radical (unpaired) electrons. The standard InChI is InChI=1S/C6H11NO2Si/c1-10(2,3)9-6-7-4-5-8-6/h4-5H,1-3H3. The Morgan fingerprint density at radius 2 is 2.20 bits per heavy atom. The third-order valence-corrected chi connectivity index (χ3v) is 1.59. The molecule has 4 heteroatoms. The van der Waals surface area contributed by atoms with Gasteiger partial charge in [0.25, 0.3) is 0 Å². The third kappa shape index (κ3) is 2.22. The van der Waals surface area contributed by atoms with Crippen LogP contribution in [0.25, 0.3) is 0 Å². The Morgan fingerprint density at radius 3 is 2.60 bits per heavy atom. The van der Waals surface area contributed by atoms with E-state index in [4.69, 9.17) is 8.84 Å². The molecule has 1 aromatic rings. The van der Waals surface area contributed by atoms with Crippen LogP contribution in [0.5, 0.6) is 6.08 Å². The first-order valence-corrected chi connectivity index (χ1v) is 6.57. The lowest BCUT2D eigenvalue weighted by Gasteiger charge is -2.14. The van der Waals surface area contributed by atoms with Gasteiger partial charge in [-0.2, -0.15) is 4.98 Å². The second-order valence-corrected chi connectivity index (χ2v) is 7.44. The smallest absolute Gasteiger partial charge is 0.379 e. The molecule has 0 unspecified atom stereocenters. The Bertz CT molecular complexity index is 190. The van der Waals surface area contributed by atoms with Crippen molar-refractivity contribution in [3.63, 3.8) is 0 Å². The molecule has 1 heterocycles. The van der Waals surface area contributed by atoms with Crippen molar-refractivity contribution < 1.29 is 8.84 Å². The zero-order valence-electron chi connectivity index (χ0n) is 6.42. The van der Waals surface area contributed by atoms with Gasteiger partial charge in [0.2, 0.25) is 8.32 Å². The number of oxazole rings is 1. The molecule has 0 N–H and O–H groups in total. The largest absolute Gasteiger partial charge is 0.505 e. The van der Waals surface area contributed by atoms with Gasteiger partial charge in [-0.3, -0.25) is 0 Å². The van der Waals surface area contributed by atoms with E-state index in [1.54, 1.807) is 6.20 Å². The van der Waals surface area contributed by atoms with Crippen LogP contribution in [0, 0.1) is 0 Å². The maximum atomic E-state index is 5.40. The van der Waals surface area contributed by atoms with Crippen molar-refractivity contribution in [3.8, 4) is 6.08 Å². The molecule has 0 aliphatic rings. The van der Waals surface area contributed by atoms with Gasteiger partial charge in [0.1, 0.15) is 6.26 Å². The summed E-state index contributed by atoms with van der Waals surface area (Å²) < 4.78 is 10.3. The predicted octanol–water partition coefficient (Wildman–Crippen LogP) is 1.89. The van der Waals surface area contributed by atoms with E-state index in [9.17, 15) is 0 Å². The monoisotopic (exact) mass is 157 g/mol. The van der Waals surface area contributed by atoms with E-state index >= 15 is 0 Å². The summed E-state index contributed by atoms with van der Waals surface area (Å²) in [5, 5.41) is 0. The lowest BCUT2D eigenvalue weighted by molar-refractivity contribution is 0.370. The third-order valence-electron chi connectivity index (χ3n) is 0.803. The molecule has 0 aliphatic heterocycles.